The first kappa shape index (κ1) is 20.4. The van der Waals surface area contributed by atoms with Crippen molar-refractivity contribution in [3.8, 4) is 0 Å². The average Bonchev–Trinajstić information content (AvgIpc) is 2.63. The minimum absolute atomic E-state index is 0.0819. The summed E-state index contributed by atoms with van der Waals surface area (Å²) >= 11 is 0. The van der Waals surface area contributed by atoms with Gasteiger partial charge in [-0.15, -0.1) is 0 Å². The van der Waals surface area contributed by atoms with E-state index in [4.69, 9.17) is 0 Å². The van der Waals surface area contributed by atoms with Gasteiger partial charge in [0.25, 0.3) is 0 Å². The molecule has 2 N–H and O–H groups in total. The quantitative estimate of drug-likeness (QED) is 0.791. The van der Waals surface area contributed by atoms with Crippen LogP contribution in [0, 0.1) is 5.82 Å². The molecule has 0 aliphatic heterocycles. The number of amides is 2. The summed E-state index contributed by atoms with van der Waals surface area (Å²) in [5, 5.41) is 5.51. The Kier molecular flexibility index (Phi) is 9.15. The maximum absolute atomic E-state index is 12.9. The summed E-state index contributed by atoms with van der Waals surface area (Å²) in [5.74, 6) is -1.51. The zero-order valence-corrected chi connectivity index (χ0v) is 15.6. The minimum Gasteiger partial charge on any atom is -0.345 e. The highest BCUT2D eigenvalue weighted by molar-refractivity contribution is 6.35. The Bertz CT molecular complexity index is 548. The van der Waals surface area contributed by atoms with Crippen molar-refractivity contribution in [3.05, 3.63) is 35.6 Å². The van der Waals surface area contributed by atoms with Crippen molar-refractivity contribution in [3.63, 3.8) is 0 Å². The summed E-state index contributed by atoms with van der Waals surface area (Å²) in [6.45, 7) is 0.219. The van der Waals surface area contributed by atoms with Crippen LogP contribution in [0.2, 0.25) is 0 Å². The van der Waals surface area contributed by atoms with Gasteiger partial charge in [0, 0.05) is 12.6 Å². The molecule has 0 unspecified atom stereocenters. The topological polar surface area (TPSA) is 58.2 Å². The average molecular weight is 362 g/mol. The maximum atomic E-state index is 12.9. The number of carbonyl (C=O) groups excluding carboxylic acids is 2. The Hall–Kier alpha value is -1.91. The predicted molar refractivity (Wildman–Crippen MR) is 101 cm³/mol. The Morgan fingerprint density at radius 1 is 0.808 bits per heavy atom. The molecular weight excluding hydrogens is 331 g/mol. The highest BCUT2D eigenvalue weighted by atomic mass is 19.1. The van der Waals surface area contributed by atoms with E-state index in [2.05, 4.69) is 10.6 Å². The van der Waals surface area contributed by atoms with E-state index in [0.717, 1.165) is 31.2 Å². The van der Waals surface area contributed by atoms with Gasteiger partial charge in [0.05, 0.1) is 0 Å². The Morgan fingerprint density at radius 3 is 1.85 bits per heavy atom. The van der Waals surface area contributed by atoms with Crippen molar-refractivity contribution in [1.82, 2.24) is 10.6 Å². The number of carbonyl (C=O) groups is 2. The normalized spacial score (nSPS) is 17.6. The van der Waals surface area contributed by atoms with Crippen LogP contribution in [0.15, 0.2) is 24.3 Å². The third kappa shape index (κ3) is 7.98. The van der Waals surface area contributed by atoms with Crippen molar-refractivity contribution in [2.24, 2.45) is 0 Å². The van der Waals surface area contributed by atoms with E-state index in [1.807, 2.05) is 0 Å². The molecule has 26 heavy (non-hydrogen) atoms. The van der Waals surface area contributed by atoms with Gasteiger partial charge in [-0.3, -0.25) is 9.59 Å². The number of benzene rings is 1. The molecule has 1 fully saturated rings. The van der Waals surface area contributed by atoms with Crippen molar-refractivity contribution in [2.75, 3.05) is 0 Å². The molecule has 2 amide bonds. The highest BCUT2D eigenvalue weighted by Crippen LogP contribution is 2.17. The molecule has 0 atom stereocenters. The van der Waals surface area contributed by atoms with E-state index in [-0.39, 0.29) is 18.4 Å². The standard InChI is InChI=1S/C21H31FN2O2/c22-18-14-12-17(13-15-18)16-23-20(25)21(26)24-19-10-8-6-4-2-1-3-5-7-9-11-19/h12-15,19H,1-11,16H2,(H,23,25)(H,24,26). The highest BCUT2D eigenvalue weighted by Gasteiger charge is 2.18. The molecule has 0 radical (unpaired) electrons. The van der Waals surface area contributed by atoms with Crippen LogP contribution in [0.1, 0.15) is 76.2 Å². The molecule has 0 spiro atoms. The van der Waals surface area contributed by atoms with Crippen LogP contribution in [-0.2, 0) is 16.1 Å². The predicted octanol–water partition coefficient (Wildman–Crippen LogP) is 4.23. The maximum Gasteiger partial charge on any atom is 0.309 e. The fraction of sp³-hybridized carbons (Fsp3) is 0.619. The molecule has 144 valence electrons. The lowest BCUT2D eigenvalue weighted by Crippen LogP contribution is -2.44. The first-order valence-electron chi connectivity index (χ1n) is 9.98. The largest absolute Gasteiger partial charge is 0.345 e. The molecule has 1 aliphatic rings. The van der Waals surface area contributed by atoms with Crippen molar-refractivity contribution < 1.29 is 14.0 Å². The van der Waals surface area contributed by atoms with E-state index in [1.165, 1.54) is 57.1 Å². The van der Waals surface area contributed by atoms with Crippen LogP contribution in [0.5, 0.6) is 0 Å². The molecule has 4 nitrogen and oxygen atoms in total. The third-order valence-electron chi connectivity index (χ3n) is 5.01. The van der Waals surface area contributed by atoms with Gasteiger partial charge >= 0.3 is 11.8 Å². The number of nitrogens with one attached hydrogen (secondary N) is 2. The van der Waals surface area contributed by atoms with Gasteiger partial charge in [-0.25, -0.2) is 4.39 Å². The zero-order chi connectivity index (χ0) is 18.6. The molecule has 2 rings (SSSR count). The third-order valence-corrected chi connectivity index (χ3v) is 5.01. The monoisotopic (exact) mass is 362 g/mol. The molecule has 0 saturated heterocycles. The molecule has 1 aromatic rings. The summed E-state index contributed by atoms with van der Waals surface area (Å²) in [6.07, 6.45) is 13.0. The van der Waals surface area contributed by atoms with Crippen molar-refractivity contribution >= 4 is 11.8 Å². The van der Waals surface area contributed by atoms with Crippen molar-refractivity contribution in [1.29, 1.82) is 0 Å². The van der Waals surface area contributed by atoms with Crippen LogP contribution in [0.4, 0.5) is 4.39 Å². The minimum atomic E-state index is -0.625. The lowest BCUT2D eigenvalue weighted by atomic mass is 9.98. The summed E-state index contributed by atoms with van der Waals surface area (Å²) in [6, 6.07) is 5.96. The number of rotatable bonds is 3. The molecule has 1 saturated carbocycles. The zero-order valence-electron chi connectivity index (χ0n) is 15.6. The second kappa shape index (κ2) is 11.7. The second-order valence-electron chi connectivity index (χ2n) is 7.24. The molecule has 1 aliphatic carbocycles. The number of hydrogen-bond donors (Lipinski definition) is 2. The van der Waals surface area contributed by atoms with Crippen LogP contribution in [0.3, 0.4) is 0 Å². The van der Waals surface area contributed by atoms with Gasteiger partial charge in [0.2, 0.25) is 0 Å². The first-order chi connectivity index (χ1) is 12.6. The van der Waals surface area contributed by atoms with Gasteiger partial charge in [0.15, 0.2) is 0 Å². The van der Waals surface area contributed by atoms with E-state index in [0.29, 0.717) is 0 Å². The summed E-state index contributed by atoms with van der Waals surface area (Å²) in [5.41, 5.74) is 0.763. The lowest BCUT2D eigenvalue weighted by Gasteiger charge is -2.19. The Labute approximate surface area is 155 Å². The van der Waals surface area contributed by atoms with Gasteiger partial charge in [0.1, 0.15) is 5.82 Å². The van der Waals surface area contributed by atoms with E-state index in [1.54, 1.807) is 12.1 Å². The van der Waals surface area contributed by atoms with Crippen molar-refractivity contribution in [2.45, 2.75) is 83.2 Å². The van der Waals surface area contributed by atoms with E-state index >= 15 is 0 Å². The Balaban J connectivity index is 1.76. The molecule has 5 heteroatoms. The first-order valence-corrected chi connectivity index (χ1v) is 9.98. The van der Waals surface area contributed by atoms with E-state index < -0.39 is 11.8 Å². The summed E-state index contributed by atoms with van der Waals surface area (Å²) in [4.78, 5) is 24.2. The van der Waals surface area contributed by atoms with Gasteiger partial charge < -0.3 is 10.6 Å². The summed E-state index contributed by atoms with van der Waals surface area (Å²) in [7, 11) is 0. The van der Waals surface area contributed by atoms with Crippen LogP contribution in [-0.4, -0.2) is 17.9 Å². The van der Waals surface area contributed by atoms with Crippen LogP contribution < -0.4 is 10.6 Å². The molecule has 0 bridgehead atoms. The lowest BCUT2D eigenvalue weighted by molar-refractivity contribution is -0.139. The second-order valence-corrected chi connectivity index (χ2v) is 7.24. The van der Waals surface area contributed by atoms with Crippen LogP contribution >= 0.6 is 0 Å². The Morgan fingerprint density at radius 2 is 1.31 bits per heavy atom. The van der Waals surface area contributed by atoms with Gasteiger partial charge in [-0.05, 0) is 30.5 Å². The van der Waals surface area contributed by atoms with Gasteiger partial charge in [-0.2, -0.15) is 0 Å². The molecule has 0 heterocycles. The number of hydrogen-bond acceptors (Lipinski definition) is 2. The SMILES string of the molecule is O=C(NCc1ccc(F)cc1)C(=O)NC1CCCCCCCCCCC1. The van der Waals surface area contributed by atoms with Gasteiger partial charge in [-0.1, -0.05) is 69.9 Å². The molecule has 1 aromatic carbocycles. The van der Waals surface area contributed by atoms with Crippen LogP contribution in [0.25, 0.3) is 0 Å². The van der Waals surface area contributed by atoms with E-state index in [9.17, 15) is 14.0 Å². The summed E-state index contributed by atoms with van der Waals surface area (Å²) < 4.78 is 12.9. The fourth-order valence-corrected chi connectivity index (χ4v) is 3.42. The smallest absolute Gasteiger partial charge is 0.309 e. The molecular formula is C21H31FN2O2. The number of halogens is 1. The molecule has 0 aromatic heterocycles. The fourth-order valence-electron chi connectivity index (χ4n) is 3.42.